The minimum absolute atomic E-state index is 0.119. The van der Waals surface area contributed by atoms with E-state index in [0.717, 1.165) is 12.8 Å². The van der Waals surface area contributed by atoms with Crippen LogP contribution in [0, 0.1) is 0 Å². The van der Waals surface area contributed by atoms with Crippen molar-refractivity contribution in [2.45, 2.75) is 32.8 Å². The minimum Gasteiger partial charge on any atom is -0.478 e. The van der Waals surface area contributed by atoms with E-state index in [1.807, 2.05) is 13.8 Å². The summed E-state index contributed by atoms with van der Waals surface area (Å²) in [7, 11) is 0. The molecule has 1 aromatic carbocycles. The highest BCUT2D eigenvalue weighted by Gasteiger charge is 2.12. The molecule has 0 bridgehead atoms. The molecule has 0 radical (unpaired) electrons. The summed E-state index contributed by atoms with van der Waals surface area (Å²) in [6, 6.07) is 5.71. The number of carbonyl (C=O) groups excluding carboxylic acids is 1. The van der Waals surface area contributed by atoms with E-state index in [9.17, 15) is 9.59 Å². The maximum absolute atomic E-state index is 11.6. The summed E-state index contributed by atoms with van der Waals surface area (Å²) in [5.74, 6) is -1.42. The molecule has 0 aromatic heterocycles. The zero-order chi connectivity index (χ0) is 12.8. The average molecular weight is 236 g/mol. The van der Waals surface area contributed by atoms with Gasteiger partial charge in [-0.1, -0.05) is 13.3 Å². The molecule has 0 aliphatic heterocycles. The van der Waals surface area contributed by atoms with Gasteiger partial charge in [-0.15, -0.1) is 0 Å². The van der Waals surface area contributed by atoms with Crippen molar-refractivity contribution in [1.82, 2.24) is 0 Å². The first-order valence-corrected chi connectivity index (χ1v) is 5.59. The highest BCUT2D eigenvalue weighted by molar-refractivity contribution is 5.92. The topological polar surface area (TPSA) is 63.6 Å². The van der Waals surface area contributed by atoms with Crippen LogP contribution in [0.2, 0.25) is 0 Å². The number of carboxylic acids is 1. The lowest BCUT2D eigenvalue weighted by atomic mass is 10.1. The third-order valence-electron chi connectivity index (χ3n) is 2.37. The van der Waals surface area contributed by atoms with E-state index in [4.69, 9.17) is 9.84 Å². The number of hydrogen-bond acceptors (Lipinski definition) is 3. The van der Waals surface area contributed by atoms with Crippen molar-refractivity contribution < 1.29 is 19.4 Å². The summed E-state index contributed by atoms with van der Waals surface area (Å²) in [4.78, 5) is 22.3. The van der Waals surface area contributed by atoms with E-state index in [1.165, 1.54) is 24.3 Å². The molecule has 1 atom stereocenters. The van der Waals surface area contributed by atoms with Gasteiger partial charge in [0, 0.05) is 0 Å². The summed E-state index contributed by atoms with van der Waals surface area (Å²) in [5.41, 5.74) is 0.529. The van der Waals surface area contributed by atoms with E-state index in [1.54, 1.807) is 0 Å². The number of hydrogen-bond donors (Lipinski definition) is 1. The summed E-state index contributed by atoms with van der Waals surface area (Å²) in [6.07, 6.45) is 1.65. The molecular weight excluding hydrogens is 220 g/mol. The van der Waals surface area contributed by atoms with Crippen LogP contribution in [0.5, 0.6) is 0 Å². The van der Waals surface area contributed by atoms with Crippen LogP contribution in [0.15, 0.2) is 24.3 Å². The fourth-order valence-corrected chi connectivity index (χ4v) is 1.47. The standard InChI is InChI=1S/C13H16O4/c1-3-4-9(2)17-13(16)11-7-5-10(6-8-11)12(14)15/h5-9H,3-4H2,1-2H3,(H,14,15). The van der Waals surface area contributed by atoms with Crippen LogP contribution in [0.4, 0.5) is 0 Å². The lowest BCUT2D eigenvalue weighted by Gasteiger charge is -2.11. The molecule has 1 unspecified atom stereocenters. The van der Waals surface area contributed by atoms with Gasteiger partial charge in [0.25, 0.3) is 0 Å². The first-order chi connectivity index (χ1) is 8.04. The first-order valence-electron chi connectivity index (χ1n) is 5.59. The molecule has 0 heterocycles. The molecule has 1 aromatic rings. The molecule has 4 nitrogen and oxygen atoms in total. The largest absolute Gasteiger partial charge is 0.478 e. The van der Waals surface area contributed by atoms with Gasteiger partial charge in [-0.3, -0.25) is 0 Å². The third-order valence-corrected chi connectivity index (χ3v) is 2.37. The van der Waals surface area contributed by atoms with Gasteiger partial charge in [-0.25, -0.2) is 9.59 Å². The van der Waals surface area contributed by atoms with Crippen LogP contribution < -0.4 is 0 Å². The van der Waals surface area contributed by atoms with Gasteiger partial charge in [0.1, 0.15) is 0 Å². The summed E-state index contributed by atoms with van der Waals surface area (Å²) < 4.78 is 5.19. The van der Waals surface area contributed by atoms with Gasteiger partial charge in [0.2, 0.25) is 0 Å². The Morgan fingerprint density at radius 1 is 1.24 bits per heavy atom. The number of rotatable bonds is 5. The van der Waals surface area contributed by atoms with E-state index in [2.05, 4.69) is 0 Å². The number of carboxylic acid groups (broad SMARTS) is 1. The molecule has 1 rings (SSSR count). The molecule has 0 amide bonds. The normalized spacial score (nSPS) is 11.9. The second-order valence-electron chi connectivity index (χ2n) is 3.89. The Bertz CT molecular complexity index is 394. The Kier molecular flexibility index (Phi) is 4.69. The van der Waals surface area contributed by atoms with Gasteiger partial charge in [0.15, 0.2) is 0 Å². The number of aromatic carboxylic acids is 1. The Morgan fingerprint density at radius 2 is 1.76 bits per heavy atom. The Morgan fingerprint density at radius 3 is 2.24 bits per heavy atom. The number of ether oxygens (including phenoxy) is 1. The van der Waals surface area contributed by atoms with Crippen LogP contribution in [-0.4, -0.2) is 23.1 Å². The lowest BCUT2D eigenvalue weighted by Crippen LogP contribution is -2.14. The maximum Gasteiger partial charge on any atom is 0.338 e. The van der Waals surface area contributed by atoms with Crippen molar-refractivity contribution in [3.63, 3.8) is 0 Å². The quantitative estimate of drug-likeness (QED) is 0.798. The molecular formula is C13H16O4. The lowest BCUT2D eigenvalue weighted by molar-refractivity contribution is 0.0323. The van der Waals surface area contributed by atoms with E-state index >= 15 is 0 Å². The maximum atomic E-state index is 11.6. The second-order valence-corrected chi connectivity index (χ2v) is 3.89. The molecule has 0 aliphatic rings. The van der Waals surface area contributed by atoms with Crippen molar-refractivity contribution >= 4 is 11.9 Å². The number of carbonyl (C=O) groups is 2. The third kappa shape index (κ3) is 3.90. The average Bonchev–Trinajstić information content (AvgIpc) is 2.29. The molecule has 0 saturated carbocycles. The van der Waals surface area contributed by atoms with Crippen molar-refractivity contribution in [2.75, 3.05) is 0 Å². The summed E-state index contributed by atoms with van der Waals surface area (Å²) in [5, 5.41) is 8.71. The van der Waals surface area contributed by atoms with Gasteiger partial charge in [-0.05, 0) is 37.6 Å². The predicted octanol–water partition coefficient (Wildman–Crippen LogP) is 2.73. The SMILES string of the molecule is CCCC(C)OC(=O)c1ccc(C(=O)O)cc1. The predicted molar refractivity (Wildman–Crippen MR) is 63.2 cm³/mol. The molecule has 0 saturated heterocycles. The van der Waals surface area contributed by atoms with Gasteiger partial charge >= 0.3 is 11.9 Å². The van der Waals surface area contributed by atoms with E-state index in [-0.39, 0.29) is 11.7 Å². The van der Waals surface area contributed by atoms with Crippen molar-refractivity contribution in [1.29, 1.82) is 0 Å². The molecule has 4 heteroatoms. The number of benzene rings is 1. The van der Waals surface area contributed by atoms with Crippen LogP contribution in [0.1, 0.15) is 47.4 Å². The molecule has 0 fully saturated rings. The molecule has 92 valence electrons. The monoisotopic (exact) mass is 236 g/mol. The van der Waals surface area contributed by atoms with Gasteiger partial charge in [-0.2, -0.15) is 0 Å². The van der Waals surface area contributed by atoms with Crippen molar-refractivity contribution in [3.8, 4) is 0 Å². The summed E-state index contributed by atoms with van der Waals surface area (Å²) >= 11 is 0. The molecule has 17 heavy (non-hydrogen) atoms. The first kappa shape index (κ1) is 13.2. The van der Waals surface area contributed by atoms with Gasteiger partial charge < -0.3 is 9.84 Å². The smallest absolute Gasteiger partial charge is 0.338 e. The Labute approximate surface area is 100 Å². The Hall–Kier alpha value is -1.84. The van der Waals surface area contributed by atoms with E-state index in [0.29, 0.717) is 5.56 Å². The molecule has 1 N–H and O–H groups in total. The fourth-order valence-electron chi connectivity index (χ4n) is 1.47. The highest BCUT2D eigenvalue weighted by Crippen LogP contribution is 2.09. The van der Waals surface area contributed by atoms with Gasteiger partial charge in [0.05, 0.1) is 17.2 Å². The van der Waals surface area contributed by atoms with Crippen molar-refractivity contribution in [3.05, 3.63) is 35.4 Å². The summed E-state index contributed by atoms with van der Waals surface area (Å²) in [6.45, 7) is 3.86. The van der Waals surface area contributed by atoms with Crippen LogP contribution in [0.3, 0.4) is 0 Å². The second kappa shape index (κ2) is 6.03. The zero-order valence-electron chi connectivity index (χ0n) is 9.97. The van der Waals surface area contributed by atoms with Crippen LogP contribution >= 0.6 is 0 Å². The minimum atomic E-state index is -1.01. The van der Waals surface area contributed by atoms with E-state index < -0.39 is 11.9 Å². The molecule has 0 spiro atoms. The van der Waals surface area contributed by atoms with Crippen LogP contribution in [0.25, 0.3) is 0 Å². The molecule has 0 aliphatic carbocycles. The van der Waals surface area contributed by atoms with Crippen molar-refractivity contribution in [2.24, 2.45) is 0 Å². The highest BCUT2D eigenvalue weighted by atomic mass is 16.5. The van der Waals surface area contributed by atoms with Crippen LogP contribution in [-0.2, 0) is 4.74 Å². The zero-order valence-corrected chi connectivity index (χ0v) is 9.97. The Balaban J connectivity index is 2.66. The fraction of sp³-hybridized carbons (Fsp3) is 0.385. The number of esters is 1.